The van der Waals surface area contributed by atoms with Gasteiger partial charge >= 0.3 is 0 Å². The highest BCUT2D eigenvalue weighted by Crippen LogP contribution is 2.18. The summed E-state index contributed by atoms with van der Waals surface area (Å²) in [5.74, 6) is -0.486. The second-order valence-corrected chi connectivity index (χ2v) is 4.33. The lowest BCUT2D eigenvalue weighted by Crippen LogP contribution is -2.38. The molecule has 0 bridgehead atoms. The SMILES string of the molecule is Fc1cc(Cl)cnc1OCC1CCCCN1. The Morgan fingerprint density at radius 1 is 1.56 bits per heavy atom. The Balaban J connectivity index is 1.88. The van der Waals surface area contributed by atoms with Gasteiger partial charge in [-0.3, -0.25) is 0 Å². The third-order valence-electron chi connectivity index (χ3n) is 2.61. The molecule has 0 aliphatic carbocycles. The molecule has 1 N–H and O–H groups in total. The van der Waals surface area contributed by atoms with Crippen molar-refractivity contribution >= 4 is 11.6 Å². The van der Waals surface area contributed by atoms with Crippen LogP contribution in [0.3, 0.4) is 0 Å². The van der Waals surface area contributed by atoms with Gasteiger partial charge in [0.1, 0.15) is 6.61 Å². The Hall–Kier alpha value is -0.870. The summed E-state index contributed by atoms with van der Waals surface area (Å²) in [6.07, 6.45) is 4.84. The molecule has 0 radical (unpaired) electrons. The topological polar surface area (TPSA) is 34.1 Å². The predicted molar refractivity (Wildman–Crippen MR) is 60.3 cm³/mol. The van der Waals surface area contributed by atoms with E-state index in [0.717, 1.165) is 13.0 Å². The summed E-state index contributed by atoms with van der Waals surface area (Å²) >= 11 is 5.60. The number of halogens is 2. The van der Waals surface area contributed by atoms with Crippen molar-refractivity contribution in [2.45, 2.75) is 25.3 Å². The van der Waals surface area contributed by atoms with Gasteiger partial charge < -0.3 is 10.1 Å². The molecule has 16 heavy (non-hydrogen) atoms. The van der Waals surface area contributed by atoms with Crippen LogP contribution < -0.4 is 10.1 Å². The molecule has 2 rings (SSSR count). The zero-order valence-electron chi connectivity index (χ0n) is 8.88. The molecule has 1 saturated heterocycles. The molecule has 0 aromatic carbocycles. The van der Waals surface area contributed by atoms with Crippen LogP contribution in [0.5, 0.6) is 5.88 Å². The molecule has 1 aromatic heterocycles. The van der Waals surface area contributed by atoms with Crippen LogP contribution in [-0.2, 0) is 0 Å². The number of hydrogen-bond acceptors (Lipinski definition) is 3. The second-order valence-electron chi connectivity index (χ2n) is 3.90. The Morgan fingerprint density at radius 3 is 3.12 bits per heavy atom. The number of hydrogen-bond donors (Lipinski definition) is 1. The fourth-order valence-corrected chi connectivity index (χ4v) is 1.90. The van der Waals surface area contributed by atoms with Crippen LogP contribution in [0.15, 0.2) is 12.3 Å². The van der Waals surface area contributed by atoms with Gasteiger partial charge in [-0.2, -0.15) is 0 Å². The largest absolute Gasteiger partial charge is 0.474 e. The van der Waals surface area contributed by atoms with Crippen molar-refractivity contribution in [1.29, 1.82) is 0 Å². The lowest BCUT2D eigenvalue weighted by Gasteiger charge is -2.23. The van der Waals surface area contributed by atoms with Gasteiger partial charge in [-0.1, -0.05) is 18.0 Å². The number of rotatable bonds is 3. The maximum atomic E-state index is 13.3. The Bertz CT molecular complexity index is 356. The number of pyridine rings is 1. The van der Waals surface area contributed by atoms with Crippen LogP contribution >= 0.6 is 11.6 Å². The lowest BCUT2D eigenvalue weighted by atomic mass is 10.1. The average Bonchev–Trinajstić information content (AvgIpc) is 2.29. The molecule has 1 fully saturated rings. The van der Waals surface area contributed by atoms with Crippen molar-refractivity contribution < 1.29 is 9.13 Å². The van der Waals surface area contributed by atoms with Crippen molar-refractivity contribution in [3.05, 3.63) is 23.1 Å². The first-order valence-electron chi connectivity index (χ1n) is 5.43. The smallest absolute Gasteiger partial charge is 0.250 e. The third kappa shape index (κ3) is 3.06. The maximum absolute atomic E-state index is 13.3. The molecule has 1 unspecified atom stereocenters. The van der Waals surface area contributed by atoms with Gasteiger partial charge in [0.2, 0.25) is 0 Å². The molecule has 1 aromatic rings. The van der Waals surface area contributed by atoms with E-state index in [0.29, 0.717) is 12.6 Å². The van der Waals surface area contributed by atoms with Crippen molar-refractivity contribution in [2.24, 2.45) is 0 Å². The highest BCUT2D eigenvalue weighted by atomic mass is 35.5. The summed E-state index contributed by atoms with van der Waals surface area (Å²) in [7, 11) is 0. The average molecular weight is 245 g/mol. The van der Waals surface area contributed by atoms with E-state index in [2.05, 4.69) is 10.3 Å². The first-order valence-corrected chi connectivity index (χ1v) is 5.81. The zero-order valence-corrected chi connectivity index (χ0v) is 9.63. The maximum Gasteiger partial charge on any atom is 0.250 e. The van der Waals surface area contributed by atoms with E-state index < -0.39 is 5.82 Å². The lowest BCUT2D eigenvalue weighted by molar-refractivity contribution is 0.223. The molecule has 1 aliphatic rings. The molecule has 88 valence electrons. The summed E-state index contributed by atoms with van der Waals surface area (Å²) in [5.41, 5.74) is 0. The van der Waals surface area contributed by atoms with E-state index in [4.69, 9.17) is 16.3 Å². The summed E-state index contributed by atoms with van der Waals surface area (Å²) in [4.78, 5) is 3.81. The van der Waals surface area contributed by atoms with Gasteiger partial charge in [-0.25, -0.2) is 9.37 Å². The predicted octanol–water partition coefficient (Wildman–Crippen LogP) is 2.39. The summed E-state index contributed by atoms with van der Waals surface area (Å²) in [5, 5.41) is 3.60. The van der Waals surface area contributed by atoms with Crippen molar-refractivity contribution in [1.82, 2.24) is 10.3 Å². The molecule has 2 heterocycles. The summed E-state index contributed by atoms with van der Waals surface area (Å²) < 4.78 is 18.6. The Labute approximate surface area is 99.0 Å². The highest BCUT2D eigenvalue weighted by Gasteiger charge is 2.14. The van der Waals surface area contributed by atoms with Gasteiger partial charge in [0, 0.05) is 12.2 Å². The van der Waals surface area contributed by atoms with Crippen LogP contribution in [0.2, 0.25) is 5.02 Å². The molecule has 5 heteroatoms. The van der Waals surface area contributed by atoms with Gasteiger partial charge in [0.25, 0.3) is 5.88 Å². The Morgan fingerprint density at radius 2 is 2.44 bits per heavy atom. The second kappa shape index (κ2) is 5.46. The Kier molecular flexibility index (Phi) is 3.96. The molecule has 0 spiro atoms. The minimum absolute atomic E-state index is 0.0248. The van der Waals surface area contributed by atoms with Crippen molar-refractivity contribution in [3.8, 4) is 5.88 Å². The van der Waals surface area contributed by atoms with Crippen LogP contribution in [0.25, 0.3) is 0 Å². The van der Waals surface area contributed by atoms with E-state index in [1.54, 1.807) is 0 Å². The minimum atomic E-state index is -0.511. The number of ether oxygens (including phenoxy) is 1. The first kappa shape index (κ1) is 11.6. The monoisotopic (exact) mass is 244 g/mol. The van der Waals surface area contributed by atoms with Gasteiger partial charge in [0.15, 0.2) is 5.82 Å². The summed E-state index contributed by atoms with van der Waals surface area (Å²) in [6, 6.07) is 1.50. The van der Waals surface area contributed by atoms with Crippen LogP contribution in [0.4, 0.5) is 4.39 Å². The molecule has 0 saturated carbocycles. The fourth-order valence-electron chi connectivity index (χ4n) is 1.75. The van der Waals surface area contributed by atoms with Crippen LogP contribution in [0, 0.1) is 5.82 Å². The number of nitrogens with one attached hydrogen (secondary N) is 1. The third-order valence-corrected chi connectivity index (χ3v) is 2.81. The number of piperidine rings is 1. The zero-order chi connectivity index (χ0) is 11.4. The molecular weight excluding hydrogens is 231 g/mol. The van der Waals surface area contributed by atoms with E-state index in [-0.39, 0.29) is 10.9 Å². The van der Waals surface area contributed by atoms with E-state index in [1.165, 1.54) is 25.1 Å². The quantitative estimate of drug-likeness (QED) is 0.887. The van der Waals surface area contributed by atoms with E-state index in [9.17, 15) is 4.39 Å². The van der Waals surface area contributed by atoms with E-state index >= 15 is 0 Å². The first-order chi connectivity index (χ1) is 7.75. The fraction of sp³-hybridized carbons (Fsp3) is 0.545. The standard InChI is InChI=1S/C11H14ClFN2O/c12-8-5-10(13)11(15-6-8)16-7-9-3-1-2-4-14-9/h5-6,9,14H,1-4,7H2. The molecular formula is C11H14ClFN2O. The molecule has 1 atom stereocenters. The van der Waals surface area contributed by atoms with Gasteiger partial charge in [-0.15, -0.1) is 0 Å². The minimum Gasteiger partial charge on any atom is -0.474 e. The highest BCUT2D eigenvalue weighted by molar-refractivity contribution is 6.30. The van der Waals surface area contributed by atoms with Crippen molar-refractivity contribution in [3.63, 3.8) is 0 Å². The van der Waals surface area contributed by atoms with Crippen LogP contribution in [-0.4, -0.2) is 24.2 Å². The van der Waals surface area contributed by atoms with Crippen LogP contribution in [0.1, 0.15) is 19.3 Å². The van der Waals surface area contributed by atoms with Gasteiger partial charge in [0.05, 0.1) is 5.02 Å². The van der Waals surface area contributed by atoms with Gasteiger partial charge in [-0.05, 0) is 25.5 Å². The molecule has 1 aliphatic heterocycles. The molecule has 3 nitrogen and oxygen atoms in total. The number of nitrogens with zero attached hydrogens (tertiary/aromatic N) is 1. The number of aromatic nitrogens is 1. The normalized spacial score (nSPS) is 20.8. The molecule has 0 amide bonds. The summed E-state index contributed by atoms with van der Waals surface area (Å²) in [6.45, 7) is 1.45. The van der Waals surface area contributed by atoms with E-state index in [1.807, 2.05) is 0 Å². The van der Waals surface area contributed by atoms with Crippen molar-refractivity contribution in [2.75, 3.05) is 13.2 Å².